The summed E-state index contributed by atoms with van der Waals surface area (Å²) in [6.45, 7) is 0.917. The molecule has 0 aromatic heterocycles. The van der Waals surface area contributed by atoms with Crippen molar-refractivity contribution in [3.8, 4) is 23.8 Å². The van der Waals surface area contributed by atoms with Crippen molar-refractivity contribution in [1.82, 2.24) is 5.32 Å². The van der Waals surface area contributed by atoms with Crippen LogP contribution < -0.4 is 14.8 Å². The largest absolute Gasteiger partial charge is 0.493 e. The molecule has 0 aliphatic heterocycles. The fraction of sp³-hybridized carbons (Fsp3) is 0.471. The molecule has 0 heterocycles. The van der Waals surface area contributed by atoms with Gasteiger partial charge in [-0.25, -0.2) is 0 Å². The predicted octanol–water partition coefficient (Wildman–Crippen LogP) is 2.63. The van der Waals surface area contributed by atoms with Gasteiger partial charge in [-0.05, 0) is 37.0 Å². The van der Waals surface area contributed by atoms with Gasteiger partial charge in [0.15, 0.2) is 11.5 Å². The van der Waals surface area contributed by atoms with Gasteiger partial charge in [-0.15, -0.1) is 6.42 Å². The summed E-state index contributed by atoms with van der Waals surface area (Å²) < 4.78 is 10.6. The van der Waals surface area contributed by atoms with Crippen LogP contribution in [0.3, 0.4) is 0 Å². The number of carbonyl (C=O) groups excluding carboxylic acids is 1. The molecule has 1 N–H and O–H groups in total. The van der Waals surface area contributed by atoms with Gasteiger partial charge in [-0.1, -0.05) is 18.8 Å². The minimum absolute atomic E-state index is 0.0799. The summed E-state index contributed by atoms with van der Waals surface area (Å²) in [6.07, 6.45) is 10.1. The number of amides is 1. The minimum atomic E-state index is -0.0799. The van der Waals surface area contributed by atoms with E-state index in [2.05, 4.69) is 11.2 Å². The molecule has 1 aromatic carbocycles. The first-order valence-electron chi connectivity index (χ1n) is 7.27. The second-order valence-electron chi connectivity index (χ2n) is 5.22. The molecular weight excluding hydrogens is 266 g/mol. The van der Waals surface area contributed by atoms with Gasteiger partial charge in [0.25, 0.3) is 5.91 Å². The van der Waals surface area contributed by atoms with Gasteiger partial charge in [-0.3, -0.25) is 4.79 Å². The summed E-state index contributed by atoms with van der Waals surface area (Å²) in [6, 6.07) is 5.11. The van der Waals surface area contributed by atoms with Crippen molar-refractivity contribution >= 4 is 5.91 Å². The first-order valence-corrected chi connectivity index (χ1v) is 7.27. The normalized spacial score (nSPS) is 14.5. The van der Waals surface area contributed by atoms with Crippen LogP contribution in [-0.4, -0.2) is 26.2 Å². The van der Waals surface area contributed by atoms with E-state index in [4.69, 9.17) is 15.9 Å². The number of hydrogen-bond acceptors (Lipinski definition) is 3. The molecule has 0 bridgehead atoms. The Morgan fingerprint density at radius 2 is 2.14 bits per heavy atom. The Bertz CT molecular complexity index is 527. The van der Waals surface area contributed by atoms with Crippen molar-refractivity contribution < 1.29 is 14.3 Å². The second kappa shape index (κ2) is 7.58. The van der Waals surface area contributed by atoms with E-state index in [0.717, 1.165) is 6.54 Å². The lowest BCUT2D eigenvalue weighted by Crippen LogP contribution is -2.28. The number of methoxy groups -OCH3 is 1. The summed E-state index contributed by atoms with van der Waals surface area (Å²) in [5.41, 5.74) is 0.568. The Kier molecular flexibility index (Phi) is 5.51. The van der Waals surface area contributed by atoms with Crippen molar-refractivity contribution in [3.63, 3.8) is 0 Å². The molecular formula is C17H21NO3. The molecule has 1 fully saturated rings. The first kappa shape index (κ1) is 15.2. The van der Waals surface area contributed by atoms with Crippen LogP contribution in [0.25, 0.3) is 0 Å². The number of rotatable bonds is 6. The van der Waals surface area contributed by atoms with Gasteiger partial charge < -0.3 is 14.8 Å². The van der Waals surface area contributed by atoms with E-state index in [1.807, 2.05) is 0 Å². The van der Waals surface area contributed by atoms with E-state index in [1.165, 1.54) is 32.8 Å². The quantitative estimate of drug-likeness (QED) is 0.818. The molecule has 0 atom stereocenters. The maximum atomic E-state index is 12.2. The van der Waals surface area contributed by atoms with Gasteiger partial charge in [0, 0.05) is 12.1 Å². The summed E-state index contributed by atoms with van der Waals surface area (Å²) in [7, 11) is 1.54. The molecule has 0 saturated heterocycles. The SMILES string of the molecule is C#CCOc1ccc(C(=O)NCC2CCCC2)cc1OC. The Balaban J connectivity index is 1.98. The molecule has 4 nitrogen and oxygen atoms in total. The van der Waals surface area contributed by atoms with Gasteiger partial charge in [0.2, 0.25) is 0 Å². The van der Waals surface area contributed by atoms with E-state index in [1.54, 1.807) is 18.2 Å². The molecule has 1 aliphatic carbocycles. The minimum Gasteiger partial charge on any atom is -0.493 e. The number of ether oxygens (including phenoxy) is 2. The average molecular weight is 287 g/mol. The third-order valence-electron chi connectivity index (χ3n) is 3.76. The standard InChI is InChI=1S/C17H21NO3/c1-3-10-21-15-9-8-14(11-16(15)20-2)17(19)18-12-13-6-4-5-7-13/h1,8-9,11,13H,4-7,10,12H2,2H3,(H,18,19). The van der Waals surface area contributed by atoms with Gasteiger partial charge >= 0.3 is 0 Å². The molecule has 0 spiro atoms. The van der Waals surface area contributed by atoms with Gasteiger partial charge in [0.1, 0.15) is 6.61 Å². The monoisotopic (exact) mass is 287 g/mol. The second-order valence-corrected chi connectivity index (χ2v) is 5.22. The van der Waals surface area contributed by atoms with Crippen LogP contribution >= 0.6 is 0 Å². The fourth-order valence-electron chi connectivity index (χ4n) is 2.60. The van der Waals surface area contributed by atoms with Crippen LogP contribution in [-0.2, 0) is 0 Å². The smallest absolute Gasteiger partial charge is 0.251 e. The highest BCUT2D eigenvalue weighted by atomic mass is 16.5. The molecule has 112 valence electrons. The Morgan fingerprint density at radius 1 is 1.38 bits per heavy atom. The third kappa shape index (κ3) is 4.16. The summed E-state index contributed by atoms with van der Waals surface area (Å²) in [5, 5.41) is 2.99. The molecule has 1 saturated carbocycles. The van der Waals surface area contributed by atoms with E-state index in [-0.39, 0.29) is 12.5 Å². The van der Waals surface area contributed by atoms with E-state index < -0.39 is 0 Å². The lowest BCUT2D eigenvalue weighted by molar-refractivity contribution is 0.0947. The lowest BCUT2D eigenvalue weighted by atomic mass is 10.1. The zero-order chi connectivity index (χ0) is 15.1. The van der Waals surface area contributed by atoms with E-state index in [0.29, 0.717) is 23.0 Å². The van der Waals surface area contributed by atoms with Crippen LogP contribution in [0.2, 0.25) is 0 Å². The number of nitrogens with one attached hydrogen (secondary N) is 1. The Labute approximate surface area is 125 Å². The molecule has 21 heavy (non-hydrogen) atoms. The first-order chi connectivity index (χ1) is 10.2. The maximum absolute atomic E-state index is 12.2. The summed E-state index contributed by atoms with van der Waals surface area (Å²) in [4.78, 5) is 12.2. The van der Waals surface area contributed by atoms with E-state index in [9.17, 15) is 4.79 Å². The van der Waals surface area contributed by atoms with Crippen molar-refractivity contribution in [2.24, 2.45) is 5.92 Å². The highest BCUT2D eigenvalue weighted by Gasteiger charge is 2.17. The van der Waals surface area contributed by atoms with E-state index >= 15 is 0 Å². The molecule has 0 unspecified atom stereocenters. The molecule has 2 rings (SSSR count). The number of hydrogen-bond donors (Lipinski definition) is 1. The van der Waals surface area contributed by atoms with Crippen LogP contribution in [0.15, 0.2) is 18.2 Å². The summed E-state index contributed by atoms with van der Waals surface area (Å²) in [5.74, 6) is 4.00. The van der Waals surface area contributed by atoms with Crippen LogP contribution in [0.4, 0.5) is 0 Å². The topological polar surface area (TPSA) is 47.6 Å². The van der Waals surface area contributed by atoms with Crippen molar-refractivity contribution in [1.29, 1.82) is 0 Å². The van der Waals surface area contributed by atoms with Crippen LogP contribution in [0.5, 0.6) is 11.5 Å². The zero-order valence-corrected chi connectivity index (χ0v) is 12.4. The highest BCUT2D eigenvalue weighted by Crippen LogP contribution is 2.28. The number of carbonyl (C=O) groups is 1. The number of benzene rings is 1. The highest BCUT2D eigenvalue weighted by molar-refractivity contribution is 5.94. The molecule has 0 radical (unpaired) electrons. The molecule has 4 heteroatoms. The average Bonchev–Trinajstić information content (AvgIpc) is 3.03. The molecule has 1 amide bonds. The van der Waals surface area contributed by atoms with Crippen LogP contribution in [0, 0.1) is 18.3 Å². The Hall–Kier alpha value is -2.15. The van der Waals surface area contributed by atoms with Crippen LogP contribution in [0.1, 0.15) is 36.0 Å². The van der Waals surface area contributed by atoms with Gasteiger partial charge in [-0.2, -0.15) is 0 Å². The fourth-order valence-corrected chi connectivity index (χ4v) is 2.60. The Morgan fingerprint density at radius 3 is 2.81 bits per heavy atom. The maximum Gasteiger partial charge on any atom is 0.251 e. The van der Waals surface area contributed by atoms with Crippen molar-refractivity contribution in [3.05, 3.63) is 23.8 Å². The summed E-state index contributed by atoms with van der Waals surface area (Å²) >= 11 is 0. The lowest BCUT2D eigenvalue weighted by Gasteiger charge is -2.13. The number of terminal acetylenes is 1. The van der Waals surface area contributed by atoms with Crippen molar-refractivity contribution in [2.75, 3.05) is 20.3 Å². The van der Waals surface area contributed by atoms with Gasteiger partial charge in [0.05, 0.1) is 7.11 Å². The predicted molar refractivity (Wildman–Crippen MR) is 81.6 cm³/mol. The molecule has 1 aliphatic rings. The molecule has 1 aromatic rings. The van der Waals surface area contributed by atoms with Crippen molar-refractivity contribution in [2.45, 2.75) is 25.7 Å². The zero-order valence-electron chi connectivity index (χ0n) is 12.4. The third-order valence-corrected chi connectivity index (χ3v) is 3.76.